The molecule has 0 radical (unpaired) electrons. The molecule has 13 heteroatoms. The molecule has 0 saturated carbocycles. The summed E-state index contributed by atoms with van der Waals surface area (Å²) in [6.07, 6.45) is -0.311. The molecular weight excluding hydrogens is 608 g/mol. The molecule has 5 heterocycles. The summed E-state index contributed by atoms with van der Waals surface area (Å²) in [4.78, 5) is 41.3. The van der Waals surface area contributed by atoms with Gasteiger partial charge in [-0.3, -0.25) is 24.6 Å². The Bertz CT molecular complexity index is 1650. The van der Waals surface area contributed by atoms with Crippen molar-refractivity contribution in [1.82, 2.24) is 20.4 Å². The van der Waals surface area contributed by atoms with E-state index in [4.69, 9.17) is 37.9 Å². The first-order chi connectivity index (χ1) is 20.1. The average Bonchev–Trinajstić information content (AvgIpc) is 3.58. The van der Waals surface area contributed by atoms with Gasteiger partial charge >= 0.3 is 0 Å². The Labute approximate surface area is 266 Å². The summed E-state index contributed by atoms with van der Waals surface area (Å²) in [5.41, 5.74) is -0.635. The van der Waals surface area contributed by atoms with Crippen molar-refractivity contribution >= 4 is 67.0 Å². The maximum absolute atomic E-state index is 15.4. The maximum Gasteiger partial charge on any atom is 0.262 e. The van der Waals surface area contributed by atoms with E-state index in [1.54, 1.807) is 25.1 Å². The number of para-hydroxylation sites is 1. The van der Waals surface area contributed by atoms with Crippen LogP contribution in [0.1, 0.15) is 44.7 Å². The predicted molar refractivity (Wildman–Crippen MR) is 172 cm³/mol. The van der Waals surface area contributed by atoms with Gasteiger partial charge in [0.25, 0.3) is 17.7 Å². The summed E-state index contributed by atoms with van der Waals surface area (Å²) >= 11 is 14.9. The second kappa shape index (κ2) is 8.55. The lowest BCUT2D eigenvalue weighted by Gasteiger charge is -2.57. The molecule has 9 nitrogen and oxygen atoms in total. The largest absolute Gasteiger partial charge is 0.369 e. The van der Waals surface area contributed by atoms with E-state index in [2.05, 4.69) is 21.3 Å². The molecule has 3 fully saturated rings. The molecule has 2 aromatic rings. The zero-order valence-electron chi connectivity index (χ0n) is 24.4. The van der Waals surface area contributed by atoms with Crippen molar-refractivity contribution < 1.29 is 18.8 Å². The molecule has 2 aromatic carbocycles. The van der Waals surface area contributed by atoms with E-state index in [-0.39, 0.29) is 30.6 Å². The Morgan fingerprint density at radius 3 is 2.47 bits per heavy atom. The number of rotatable bonds is 3. The highest BCUT2D eigenvalue weighted by Gasteiger charge is 2.86. The van der Waals surface area contributed by atoms with Gasteiger partial charge in [-0.1, -0.05) is 32.0 Å². The predicted octanol–water partition coefficient (Wildman–Crippen LogP) is 2.87. The molecule has 0 bridgehead atoms. The van der Waals surface area contributed by atoms with Crippen molar-refractivity contribution in [2.75, 3.05) is 24.7 Å². The first kappa shape index (κ1) is 29.1. The Hall–Kier alpha value is -2.61. The van der Waals surface area contributed by atoms with Crippen LogP contribution in [0.2, 0.25) is 0 Å². The number of halogens is 1. The molecular formula is C30H35FN6O3S3. The molecule has 5 aliphatic heterocycles. The van der Waals surface area contributed by atoms with Crippen molar-refractivity contribution in [3.63, 3.8) is 0 Å². The molecule has 0 aliphatic carbocycles. The first-order valence-electron chi connectivity index (χ1n) is 14.4. The lowest BCUT2D eigenvalue weighted by atomic mass is 9.48. The summed E-state index contributed by atoms with van der Waals surface area (Å²) in [5, 5.41) is 13.5. The summed E-state index contributed by atoms with van der Waals surface area (Å²) < 4.78 is 15.4. The Balaban J connectivity index is 1.63. The van der Waals surface area contributed by atoms with Gasteiger partial charge in [-0.05, 0) is 48.7 Å². The average molecular weight is 643 g/mol. The lowest BCUT2D eigenvalue weighted by Crippen LogP contribution is -2.76. The van der Waals surface area contributed by atoms with Gasteiger partial charge in [0.1, 0.15) is 16.4 Å². The van der Waals surface area contributed by atoms with Gasteiger partial charge < -0.3 is 20.9 Å². The molecule has 0 aromatic heterocycles. The van der Waals surface area contributed by atoms with Gasteiger partial charge in [0.2, 0.25) is 0 Å². The minimum atomic E-state index is -1.62. The third-order valence-electron chi connectivity index (χ3n) is 11.3. The fraction of sp³-hybridized carbons (Fsp3) is 0.500. The van der Waals surface area contributed by atoms with E-state index < -0.39 is 49.0 Å². The minimum absolute atomic E-state index is 0.0295. The summed E-state index contributed by atoms with van der Waals surface area (Å²) in [5.74, 6) is -2.11. The second-order valence-electron chi connectivity index (χ2n) is 12.7. The first-order valence-corrected chi connectivity index (χ1v) is 15.7. The fourth-order valence-electron chi connectivity index (χ4n) is 9.41. The molecule has 3 saturated heterocycles. The Morgan fingerprint density at radius 1 is 1.09 bits per heavy atom. The molecule has 8 atom stereocenters. The van der Waals surface area contributed by atoms with Crippen LogP contribution in [-0.2, 0) is 25.2 Å². The number of hydrogen-bond acceptors (Lipinski definition) is 9. The van der Waals surface area contributed by atoms with E-state index >= 15 is 4.39 Å². The quantitative estimate of drug-likeness (QED) is 0.260. The van der Waals surface area contributed by atoms with Crippen LogP contribution in [0.3, 0.4) is 0 Å². The van der Waals surface area contributed by atoms with Crippen LogP contribution in [0.4, 0.5) is 15.8 Å². The number of hydrogen-bond donors (Lipinski definition) is 7. The minimum Gasteiger partial charge on any atom is -0.369 e. The number of carbonyl (C=O) groups is 3. The van der Waals surface area contributed by atoms with Gasteiger partial charge in [0, 0.05) is 37.8 Å². The number of piperazine rings is 1. The lowest BCUT2D eigenvalue weighted by molar-refractivity contribution is -0.167. The van der Waals surface area contributed by atoms with E-state index in [0.717, 1.165) is 11.3 Å². The standard InChI is InChI=1S/C30H35FN6O3S3/c1-6-27(41)24(40)37-25(3)26(14-28(37,42)23(39)36(27)5,18-13-16(31)11-12-20(18)34-25)29-15(2)30(43,22(38)32-4)35-21(29)33-19-10-8-7-9-17(19)29/h7-13,15,21,33-35,41-43H,6,14H2,1-5H3,(H,32,38)/t15-,21?,25+,26-,27-,28-,29-,30-/m0/s1. The summed E-state index contributed by atoms with van der Waals surface area (Å²) in [7, 11) is 3.14. The van der Waals surface area contributed by atoms with Crippen LogP contribution in [0.25, 0.3) is 0 Å². The number of nitrogens with one attached hydrogen (secondary N) is 4. The Morgan fingerprint density at radius 2 is 1.79 bits per heavy atom. The molecule has 7 rings (SSSR count). The normalized spacial score (nSPS) is 42.1. The zero-order chi connectivity index (χ0) is 31.1. The molecule has 228 valence electrons. The highest BCUT2D eigenvalue weighted by Crippen LogP contribution is 2.75. The van der Waals surface area contributed by atoms with Crippen LogP contribution in [-0.4, -0.2) is 68.1 Å². The number of likely N-dealkylation sites (N-methyl/N-ethyl adjacent to an activating group) is 2. The molecule has 43 heavy (non-hydrogen) atoms. The number of carbonyl (C=O) groups excluding carboxylic acids is 3. The number of anilines is 2. The van der Waals surface area contributed by atoms with Crippen LogP contribution in [0.15, 0.2) is 42.5 Å². The number of nitrogens with zero attached hydrogens (tertiary/aromatic N) is 2. The van der Waals surface area contributed by atoms with Gasteiger partial charge in [0.05, 0.1) is 17.0 Å². The van der Waals surface area contributed by atoms with Gasteiger partial charge in [-0.2, -0.15) is 0 Å². The SMILES string of the molecule is CC[C@]1(S)C(=O)N2[C@](S)(C[C@]3([C@@]45c6ccccc6NC4N[C@@](S)(C(=O)NC)[C@H]5C)c4cc(F)ccc4N[C@]23C)C(=O)N1C. The number of amides is 3. The van der Waals surface area contributed by atoms with E-state index in [1.807, 2.05) is 45.0 Å². The van der Waals surface area contributed by atoms with E-state index in [0.29, 0.717) is 11.3 Å². The highest BCUT2D eigenvalue weighted by molar-refractivity contribution is 7.83. The monoisotopic (exact) mass is 642 g/mol. The number of benzene rings is 2. The van der Waals surface area contributed by atoms with Crippen LogP contribution < -0.4 is 21.3 Å². The fourth-order valence-corrected chi connectivity index (χ4v) is 10.7. The smallest absolute Gasteiger partial charge is 0.262 e. The molecule has 0 spiro atoms. The van der Waals surface area contributed by atoms with E-state index in [1.165, 1.54) is 17.0 Å². The third-order valence-corrected chi connectivity index (χ3v) is 13.4. The van der Waals surface area contributed by atoms with Crippen LogP contribution >= 0.6 is 37.9 Å². The van der Waals surface area contributed by atoms with Crippen molar-refractivity contribution in [2.45, 2.75) is 70.9 Å². The van der Waals surface area contributed by atoms with Crippen LogP contribution in [0.5, 0.6) is 0 Å². The van der Waals surface area contributed by atoms with Crippen molar-refractivity contribution in [3.05, 3.63) is 59.4 Å². The number of fused-ring (bicyclic) bond motifs is 9. The molecule has 4 N–H and O–H groups in total. The topological polar surface area (TPSA) is 106 Å². The highest BCUT2D eigenvalue weighted by atomic mass is 32.1. The number of thiol groups is 3. The van der Waals surface area contributed by atoms with Crippen molar-refractivity contribution in [1.29, 1.82) is 0 Å². The van der Waals surface area contributed by atoms with Gasteiger partial charge in [-0.25, -0.2) is 4.39 Å². The molecule has 1 unspecified atom stereocenters. The van der Waals surface area contributed by atoms with Gasteiger partial charge in [-0.15, -0.1) is 37.9 Å². The zero-order valence-corrected chi connectivity index (χ0v) is 27.1. The van der Waals surface area contributed by atoms with Gasteiger partial charge in [0.15, 0.2) is 9.74 Å². The second-order valence-corrected chi connectivity index (χ2v) is 14.8. The molecule has 5 aliphatic rings. The molecule has 3 amide bonds. The summed E-state index contributed by atoms with van der Waals surface area (Å²) in [6.45, 7) is 5.66. The van der Waals surface area contributed by atoms with Crippen molar-refractivity contribution in [3.8, 4) is 0 Å². The summed E-state index contributed by atoms with van der Waals surface area (Å²) in [6, 6.07) is 12.4. The van der Waals surface area contributed by atoms with Crippen LogP contribution in [0, 0.1) is 11.7 Å². The third kappa shape index (κ3) is 2.88. The van der Waals surface area contributed by atoms with Crippen molar-refractivity contribution in [2.24, 2.45) is 5.92 Å². The maximum atomic E-state index is 15.4. The Kier molecular flexibility index (Phi) is 5.79. The van der Waals surface area contributed by atoms with E-state index in [9.17, 15) is 14.4 Å².